The first-order valence-corrected chi connectivity index (χ1v) is 12.1. The molecule has 0 bridgehead atoms. The van der Waals surface area contributed by atoms with Gasteiger partial charge in [-0.15, -0.1) is 0 Å². The number of anilines is 1. The first-order chi connectivity index (χ1) is 15.5. The maximum atomic E-state index is 6.26. The van der Waals surface area contributed by atoms with Crippen molar-refractivity contribution in [1.29, 1.82) is 0 Å². The van der Waals surface area contributed by atoms with Gasteiger partial charge in [0.05, 0.1) is 0 Å². The van der Waals surface area contributed by atoms with Crippen LogP contribution in [0.3, 0.4) is 0 Å². The molecule has 0 saturated carbocycles. The molecule has 2 aromatic carbocycles. The third-order valence-corrected chi connectivity index (χ3v) is 7.56. The minimum atomic E-state index is -0.0844. The van der Waals surface area contributed by atoms with Crippen molar-refractivity contribution in [2.45, 2.75) is 45.4 Å². The molecule has 0 unspecified atom stereocenters. The number of benzene rings is 2. The molecule has 0 radical (unpaired) electrons. The molecule has 0 aromatic heterocycles. The molecule has 2 aliphatic rings. The van der Waals surface area contributed by atoms with Crippen molar-refractivity contribution in [1.82, 2.24) is 0 Å². The number of nitrogens with zero attached hydrogens (tertiary/aromatic N) is 1. The molecular formula is C30H31Cl2N. The van der Waals surface area contributed by atoms with Crippen LogP contribution < -0.4 is 4.90 Å². The van der Waals surface area contributed by atoms with Gasteiger partial charge in [-0.3, -0.25) is 0 Å². The lowest BCUT2D eigenvalue weighted by Gasteiger charge is -2.23. The second-order valence-corrected chi connectivity index (χ2v) is 10.8. The summed E-state index contributed by atoms with van der Waals surface area (Å²) in [6, 6.07) is 12.3. The summed E-state index contributed by atoms with van der Waals surface area (Å²) in [5, 5.41) is 1.57. The SMILES string of the molecule is CC1=C(C=CC=CC=CC=C2N(C)c3ccc(Cl)cc3C2(C)C)C(C)(C)c2cc(Cl)ccc21. The van der Waals surface area contributed by atoms with Gasteiger partial charge in [-0.2, -0.15) is 0 Å². The number of allylic oxidation sites excluding steroid dienone is 10. The number of likely N-dealkylation sites (N-methyl/N-ethyl adjacent to an activating group) is 1. The maximum absolute atomic E-state index is 6.26. The molecule has 0 saturated heterocycles. The zero-order chi connectivity index (χ0) is 24.0. The van der Waals surface area contributed by atoms with Crippen molar-refractivity contribution in [3.05, 3.63) is 117 Å². The monoisotopic (exact) mass is 475 g/mol. The molecule has 33 heavy (non-hydrogen) atoms. The highest BCUT2D eigenvalue weighted by atomic mass is 35.5. The molecule has 0 N–H and O–H groups in total. The fraction of sp³-hybridized carbons (Fsp3) is 0.267. The van der Waals surface area contributed by atoms with Crippen molar-refractivity contribution < 1.29 is 0 Å². The molecular weight excluding hydrogens is 445 g/mol. The fourth-order valence-electron chi connectivity index (χ4n) is 5.25. The Morgan fingerprint density at radius 3 is 2.09 bits per heavy atom. The Labute approximate surface area is 208 Å². The van der Waals surface area contributed by atoms with Gasteiger partial charge in [0.2, 0.25) is 0 Å². The number of halogens is 2. The Hall–Kier alpha value is -2.48. The predicted octanol–water partition coefficient (Wildman–Crippen LogP) is 9.04. The second-order valence-electron chi connectivity index (χ2n) is 9.88. The zero-order valence-corrected chi connectivity index (χ0v) is 21.7. The summed E-state index contributed by atoms with van der Waals surface area (Å²) in [7, 11) is 2.12. The molecule has 1 aliphatic carbocycles. The van der Waals surface area contributed by atoms with E-state index in [9.17, 15) is 0 Å². The number of hydrogen-bond acceptors (Lipinski definition) is 1. The van der Waals surface area contributed by atoms with Gasteiger partial charge in [-0.1, -0.05) is 93.4 Å². The zero-order valence-electron chi connectivity index (χ0n) is 20.2. The van der Waals surface area contributed by atoms with Gasteiger partial charge in [0, 0.05) is 39.3 Å². The van der Waals surface area contributed by atoms with E-state index >= 15 is 0 Å². The van der Waals surface area contributed by atoms with Crippen molar-refractivity contribution in [3.63, 3.8) is 0 Å². The lowest BCUT2D eigenvalue weighted by Crippen LogP contribution is -2.22. The van der Waals surface area contributed by atoms with Crippen LogP contribution in [0.1, 0.15) is 51.3 Å². The van der Waals surface area contributed by atoms with Crippen molar-refractivity contribution in [2.24, 2.45) is 0 Å². The summed E-state index contributed by atoms with van der Waals surface area (Å²) >= 11 is 12.5. The normalized spacial score (nSPS) is 20.1. The van der Waals surface area contributed by atoms with Crippen molar-refractivity contribution in [3.8, 4) is 0 Å². The molecule has 1 nitrogen and oxygen atoms in total. The van der Waals surface area contributed by atoms with E-state index in [0.717, 1.165) is 10.0 Å². The highest BCUT2D eigenvalue weighted by Crippen LogP contribution is 2.48. The molecule has 0 fully saturated rings. The van der Waals surface area contributed by atoms with Crippen LogP contribution in [0.5, 0.6) is 0 Å². The Morgan fingerprint density at radius 2 is 1.36 bits per heavy atom. The Bertz CT molecular complexity index is 1250. The predicted molar refractivity (Wildman–Crippen MR) is 145 cm³/mol. The standard InChI is InChI=1S/C30H31Cl2N/c1-20-23-16-14-21(31)18-25(23)29(2,3)24(20)12-10-8-7-9-11-13-28-30(4,5)26-19-22(32)15-17-27(26)33(28)6/h7-19H,1-6H3. The van der Waals surface area contributed by atoms with Gasteiger partial charge < -0.3 is 4.90 Å². The molecule has 0 spiro atoms. The largest absolute Gasteiger partial charge is 0.347 e. The Kier molecular flexibility index (Phi) is 6.24. The second kappa shape index (κ2) is 8.70. The molecule has 1 heterocycles. The topological polar surface area (TPSA) is 3.24 Å². The fourth-order valence-corrected chi connectivity index (χ4v) is 5.60. The summed E-state index contributed by atoms with van der Waals surface area (Å²) < 4.78 is 0. The molecule has 3 heteroatoms. The number of hydrogen-bond donors (Lipinski definition) is 0. The summed E-state index contributed by atoms with van der Waals surface area (Å²) in [5.74, 6) is 0. The lowest BCUT2D eigenvalue weighted by atomic mass is 9.81. The van der Waals surface area contributed by atoms with Gasteiger partial charge in [-0.25, -0.2) is 0 Å². The van der Waals surface area contributed by atoms with Gasteiger partial charge >= 0.3 is 0 Å². The van der Waals surface area contributed by atoms with Crippen LogP contribution in [0.2, 0.25) is 10.0 Å². The van der Waals surface area contributed by atoms with Gasteiger partial charge in [0.25, 0.3) is 0 Å². The van der Waals surface area contributed by atoms with Gasteiger partial charge in [-0.05, 0) is 71.2 Å². The van der Waals surface area contributed by atoms with Crippen LogP contribution in [0.4, 0.5) is 5.69 Å². The highest BCUT2D eigenvalue weighted by molar-refractivity contribution is 6.31. The Morgan fingerprint density at radius 1 is 0.758 bits per heavy atom. The Balaban J connectivity index is 1.47. The molecule has 170 valence electrons. The van der Waals surface area contributed by atoms with E-state index in [0.29, 0.717) is 0 Å². The molecule has 4 rings (SSSR count). The average Bonchev–Trinajstić information content (AvgIpc) is 3.06. The molecule has 1 aliphatic heterocycles. The first-order valence-electron chi connectivity index (χ1n) is 11.3. The third kappa shape index (κ3) is 4.14. The van der Waals surface area contributed by atoms with Crippen LogP contribution in [0.25, 0.3) is 5.57 Å². The smallest absolute Gasteiger partial charge is 0.0449 e. The number of rotatable bonds is 4. The van der Waals surface area contributed by atoms with Crippen LogP contribution in [0, 0.1) is 0 Å². The van der Waals surface area contributed by atoms with E-state index in [-0.39, 0.29) is 10.8 Å². The van der Waals surface area contributed by atoms with E-state index in [4.69, 9.17) is 23.2 Å². The summed E-state index contributed by atoms with van der Waals surface area (Å²) in [5.41, 5.74) is 8.85. The van der Waals surface area contributed by atoms with E-state index in [1.807, 2.05) is 12.1 Å². The van der Waals surface area contributed by atoms with Crippen molar-refractivity contribution >= 4 is 34.5 Å². The summed E-state index contributed by atoms with van der Waals surface area (Å²) in [6.45, 7) is 11.2. The highest BCUT2D eigenvalue weighted by Gasteiger charge is 2.38. The minimum Gasteiger partial charge on any atom is -0.347 e. The molecule has 2 aromatic rings. The first kappa shape index (κ1) is 23.7. The van der Waals surface area contributed by atoms with Crippen LogP contribution >= 0.6 is 23.2 Å². The van der Waals surface area contributed by atoms with E-state index in [1.54, 1.807) is 0 Å². The minimum absolute atomic E-state index is 0.0501. The maximum Gasteiger partial charge on any atom is 0.0449 e. The quantitative estimate of drug-likeness (QED) is 0.398. The van der Waals surface area contributed by atoms with Gasteiger partial charge in [0.15, 0.2) is 0 Å². The van der Waals surface area contributed by atoms with Crippen LogP contribution in [0.15, 0.2) is 90.2 Å². The third-order valence-electron chi connectivity index (χ3n) is 7.09. The van der Waals surface area contributed by atoms with Crippen molar-refractivity contribution in [2.75, 3.05) is 11.9 Å². The van der Waals surface area contributed by atoms with E-state index in [1.165, 1.54) is 39.2 Å². The molecule has 0 amide bonds. The summed E-state index contributed by atoms with van der Waals surface area (Å²) in [4.78, 5) is 2.25. The van der Waals surface area contributed by atoms with E-state index in [2.05, 4.69) is 113 Å². The molecule has 0 atom stereocenters. The summed E-state index contributed by atoms with van der Waals surface area (Å²) in [6.07, 6.45) is 14.9. The number of fused-ring (bicyclic) bond motifs is 2. The average molecular weight is 476 g/mol. The van der Waals surface area contributed by atoms with Gasteiger partial charge in [0.1, 0.15) is 0 Å². The van der Waals surface area contributed by atoms with Crippen LogP contribution in [-0.2, 0) is 10.8 Å². The van der Waals surface area contributed by atoms with Crippen LogP contribution in [-0.4, -0.2) is 7.05 Å². The van der Waals surface area contributed by atoms with E-state index < -0.39 is 0 Å². The lowest BCUT2D eigenvalue weighted by molar-refractivity contribution is 0.640.